The minimum atomic E-state index is -0.0103. The van der Waals surface area contributed by atoms with E-state index in [2.05, 4.69) is 9.88 Å². The van der Waals surface area contributed by atoms with Crippen molar-refractivity contribution in [1.29, 1.82) is 0 Å². The van der Waals surface area contributed by atoms with Gasteiger partial charge in [-0.05, 0) is 31.5 Å². The topological polar surface area (TPSA) is 58.5 Å². The molecule has 1 aliphatic heterocycles. The Balaban J connectivity index is 1.82. The van der Waals surface area contributed by atoms with Gasteiger partial charge in [-0.1, -0.05) is 6.92 Å². The summed E-state index contributed by atoms with van der Waals surface area (Å²) in [5.41, 5.74) is 2.58. The number of furan rings is 1. The predicted octanol–water partition coefficient (Wildman–Crippen LogP) is 2.34. The molecule has 22 heavy (non-hydrogen) atoms. The lowest BCUT2D eigenvalue weighted by atomic mass is 10.1. The van der Waals surface area contributed by atoms with E-state index in [1.54, 1.807) is 0 Å². The molecule has 0 amide bonds. The summed E-state index contributed by atoms with van der Waals surface area (Å²) in [6.07, 6.45) is 0.712. The number of rotatable bonds is 4. The number of nitrogens with one attached hydrogen (secondary N) is 1. The molecule has 0 unspecified atom stereocenters. The van der Waals surface area contributed by atoms with Gasteiger partial charge in [0.1, 0.15) is 11.5 Å². The Bertz CT molecular complexity index is 696. The number of aryl methyl sites for hydroxylation is 2. The van der Waals surface area contributed by atoms with E-state index in [4.69, 9.17) is 9.15 Å². The lowest BCUT2D eigenvalue weighted by Gasteiger charge is -2.25. The van der Waals surface area contributed by atoms with E-state index in [0.717, 1.165) is 61.2 Å². The Morgan fingerprint density at radius 1 is 1.27 bits per heavy atom. The fraction of sp³-hybridized carbons (Fsp3) is 0.471. The van der Waals surface area contributed by atoms with Crippen LogP contribution in [0.25, 0.3) is 11.3 Å². The number of H-pyrrole nitrogens is 1. The minimum absolute atomic E-state index is 0.0103. The van der Waals surface area contributed by atoms with E-state index < -0.39 is 0 Å². The van der Waals surface area contributed by atoms with Crippen molar-refractivity contribution in [3.8, 4) is 11.3 Å². The van der Waals surface area contributed by atoms with E-state index in [0.29, 0.717) is 6.42 Å². The average molecular weight is 302 g/mol. The molecule has 5 nitrogen and oxygen atoms in total. The Hall–Kier alpha value is -1.85. The summed E-state index contributed by atoms with van der Waals surface area (Å²) >= 11 is 0. The van der Waals surface area contributed by atoms with E-state index >= 15 is 0 Å². The molecule has 1 aliphatic rings. The first-order valence-electron chi connectivity index (χ1n) is 7.79. The molecule has 0 aliphatic carbocycles. The maximum Gasteiger partial charge on any atom is 0.251 e. The second-order valence-corrected chi connectivity index (χ2v) is 5.67. The molecule has 1 saturated heterocycles. The fourth-order valence-electron chi connectivity index (χ4n) is 2.77. The van der Waals surface area contributed by atoms with Crippen molar-refractivity contribution in [2.45, 2.75) is 26.8 Å². The molecular weight excluding hydrogens is 280 g/mol. The number of aromatic amines is 1. The van der Waals surface area contributed by atoms with E-state index in [9.17, 15) is 4.79 Å². The Labute approximate surface area is 129 Å². The molecule has 1 N–H and O–H groups in total. The SMILES string of the molecule is CCc1cc(-c2ccc(CN3CCOCC3)o2)c(C)[nH]c1=O. The van der Waals surface area contributed by atoms with Gasteiger partial charge in [0.15, 0.2) is 0 Å². The van der Waals surface area contributed by atoms with Crippen molar-refractivity contribution in [1.82, 2.24) is 9.88 Å². The van der Waals surface area contributed by atoms with Crippen molar-refractivity contribution in [3.05, 3.63) is 45.6 Å². The highest BCUT2D eigenvalue weighted by molar-refractivity contribution is 5.61. The van der Waals surface area contributed by atoms with E-state index in [1.165, 1.54) is 0 Å². The largest absolute Gasteiger partial charge is 0.460 e. The zero-order chi connectivity index (χ0) is 15.5. The van der Waals surface area contributed by atoms with Gasteiger partial charge in [-0.2, -0.15) is 0 Å². The molecular formula is C17H22N2O3. The third-order valence-electron chi connectivity index (χ3n) is 4.11. The number of morpholine rings is 1. The van der Waals surface area contributed by atoms with Gasteiger partial charge in [-0.25, -0.2) is 0 Å². The smallest absolute Gasteiger partial charge is 0.251 e. The number of pyridine rings is 1. The molecule has 3 rings (SSSR count). The highest BCUT2D eigenvalue weighted by atomic mass is 16.5. The lowest BCUT2D eigenvalue weighted by Crippen LogP contribution is -2.35. The van der Waals surface area contributed by atoms with Crippen LogP contribution in [0.15, 0.2) is 27.4 Å². The van der Waals surface area contributed by atoms with Crippen LogP contribution < -0.4 is 5.56 Å². The van der Waals surface area contributed by atoms with E-state index in [-0.39, 0.29) is 5.56 Å². The van der Waals surface area contributed by atoms with Crippen LogP contribution in [0.1, 0.15) is 23.9 Å². The third-order valence-corrected chi connectivity index (χ3v) is 4.11. The molecule has 0 bridgehead atoms. The maximum atomic E-state index is 11.8. The number of hydrogen-bond donors (Lipinski definition) is 1. The molecule has 0 aromatic carbocycles. The highest BCUT2D eigenvalue weighted by Gasteiger charge is 2.15. The first-order valence-corrected chi connectivity index (χ1v) is 7.79. The quantitative estimate of drug-likeness (QED) is 0.942. The summed E-state index contributed by atoms with van der Waals surface area (Å²) in [6.45, 7) is 8.13. The van der Waals surface area contributed by atoms with Gasteiger partial charge in [0.2, 0.25) is 0 Å². The van der Waals surface area contributed by atoms with Crippen molar-refractivity contribution < 1.29 is 9.15 Å². The monoisotopic (exact) mass is 302 g/mol. The van der Waals surface area contributed by atoms with Crippen LogP contribution in [0.3, 0.4) is 0 Å². The van der Waals surface area contributed by atoms with Crippen LogP contribution in [0.5, 0.6) is 0 Å². The van der Waals surface area contributed by atoms with Crippen molar-refractivity contribution in [2.24, 2.45) is 0 Å². The van der Waals surface area contributed by atoms with Gasteiger partial charge in [-0.3, -0.25) is 9.69 Å². The maximum absolute atomic E-state index is 11.8. The van der Waals surface area contributed by atoms with Crippen molar-refractivity contribution in [2.75, 3.05) is 26.3 Å². The van der Waals surface area contributed by atoms with Gasteiger partial charge in [0.05, 0.1) is 19.8 Å². The first-order chi connectivity index (χ1) is 10.7. The number of nitrogens with zero attached hydrogens (tertiary/aromatic N) is 1. The molecule has 118 valence electrons. The zero-order valence-electron chi connectivity index (χ0n) is 13.1. The lowest BCUT2D eigenvalue weighted by molar-refractivity contribution is 0.0314. The summed E-state index contributed by atoms with van der Waals surface area (Å²) in [4.78, 5) is 17.0. The van der Waals surface area contributed by atoms with Crippen LogP contribution in [0, 0.1) is 6.92 Å². The van der Waals surface area contributed by atoms with Crippen molar-refractivity contribution >= 4 is 0 Å². The number of aromatic nitrogens is 1. The molecule has 3 heterocycles. The molecule has 0 radical (unpaired) electrons. The van der Waals surface area contributed by atoms with Gasteiger partial charge in [-0.15, -0.1) is 0 Å². The second kappa shape index (κ2) is 6.50. The molecule has 0 spiro atoms. The van der Waals surface area contributed by atoms with Gasteiger partial charge in [0, 0.05) is 29.9 Å². The molecule has 1 fully saturated rings. The van der Waals surface area contributed by atoms with Gasteiger partial charge in [0.25, 0.3) is 5.56 Å². The average Bonchev–Trinajstić information content (AvgIpc) is 2.97. The number of ether oxygens (including phenoxy) is 1. The molecule has 0 saturated carbocycles. The van der Waals surface area contributed by atoms with Crippen LogP contribution >= 0.6 is 0 Å². The molecule has 0 atom stereocenters. The molecule has 5 heteroatoms. The van der Waals surface area contributed by atoms with Crippen LogP contribution in [-0.4, -0.2) is 36.2 Å². The summed E-state index contributed by atoms with van der Waals surface area (Å²) in [5.74, 6) is 1.76. The van der Waals surface area contributed by atoms with Crippen LogP contribution in [0.4, 0.5) is 0 Å². The minimum Gasteiger partial charge on any atom is -0.460 e. The molecule has 2 aromatic heterocycles. The first kappa shape index (κ1) is 15.1. The molecule has 2 aromatic rings. The highest BCUT2D eigenvalue weighted by Crippen LogP contribution is 2.25. The number of hydrogen-bond acceptors (Lipinski definition) is 4. The Morgan fingerprint density at radius 2 is 2.05 bits per heavy atom. The third kappa shape index (κ3) is 3.15. The van der Waals surface area contributed by atoms with E-state index in [1.807, 2.05) is 32.0 Å². The van der Waals surface area contributed by atoms with Gasteiger partial charge >= 0.3 is 0 Å². The summed E-state index contributed by atoms with van der Waals surface area (Å²) in [7, 11) is 0. The van der Waals surface area contributed by atoms with Crippen LogP contribution in [0.2, 0.25) is 0 Å². The Morgan fingerprint density at radius 3 is 2.77 bits per heavy atom. The summed E-state index contributed by atoms with van der Waals surface area (Å²) < 4.78 is 11.3. The summed E-state index contributed by atoms with van der Waals surface area (Å²) in [5, 5.41) is 0. The Kier molecular flexibility index (Phi) is 4.45. The zero-order valence-corrected chi connectivity index (χ0v) is 13.1. The predicted molar refractivity (Wildman–Crippen MR) is 85.0 cm³/mol. The van der Waals surface area contributed by atoms with Gasteiger partial charge < -0.3 is 14.1 Å². The second-order valence-electron chi connectivity index (χ2n) is 5.67. The standard InChI is InChI=1S/C17H22N2O3/c1-3-13-10-15(12(2)18-17(13)20)16-5-4-14(22-16)11-19-6-8-21-9-7-19/h4-5,10H,3,6-9,11H2,1-2H3,(H,18,20). The summed E-state index contributed by atoms with van der Waals surface area (Å²) in [6, 6.07) is 5.93. The fourth-order valence-corrected chi connectivity index (χ4v) is 2.77. The van der Waals surface area contributed by atoms with Crippen molar-refractivity contribution in [3.63, 3.8) is 0 Å². The van der Waals surface area contributed by atoms with Crippen LogP contribution in [-0.2, 0) is 17.7 Å². The normalized spacial score (nSPS) is 16.1.